The molecule has 3 rings (SSSR count). The molecule has 0 aliphatic carbocycles. The second-order valence-corrected chi connectivity index (χ2v) is 5.78. The molecule has 0 saturated heterocycles. The van der Waals surface area contributed by atoms with E-state index >= 15 is 0 Å². The maximum Gasteiger partial charge on any atom is 0.134 e. The molecule has 0 aliphatic rings. The number of hydrogen-bond donors (Lipinski definition) is 0. The van der Waals surface area contributed by atoms with Gasteiger partial charge >= 0.3 is 0 Å². The molecule has 0 aromatic carbocycles. The Morgan fingerprint density at radius 2 is 2.21 bits per heavy atom. The molecule has 0 saturated carbocycles. The molecule has 5 heteroatoms. The first-order chi connectivity index (χ1) is 9.33. The van der Waals surface area contributed by atoms with Crippen LogP contribution in [0.25, 0.3) is 21.5 Å². The van der Waals surface area contributed by atoms with Crippen LogP contribution in [-0.4, -0.2) is 15.0 Å². The first-order valence-electron chi connectivity index (χ1n) is 5.77. The predicted octanol–water partition coefficient (Wildman–Crippen LogP) is 4.22. The van der Waals surface area contributed by atoms with Crippen molar-refractivity contribution in [3.8, 4) is 9.88 Å². The molecule has 0 radical (unpaired) electrons. The number of thiophene rings is 1. The standard InChI is InChI=1S/C14H11N3S2/c1-10(12-8-15-4-5-16-12)7-11-9-19-14(17-11)13-3-2-6-18-13/h2-9H,1H3/b10-7+. The molecule has 0 amide bonds. The van der Waals surface area contributed by atoms with E-state index in [1.165, 1.54) is 4.88 Å². The lowest BCUT2D eigenvalue weighted by atomic mass is 10.2. The van der Waals surface area contributed by atoms with Gasteiger partial charge in [-0.15, -0.1) is 22.7 Å². The maximum atomic E-state index is 4.62. The minimum absolute atomic E-state index is 0.883. The fraction of sp³-hybridized carbons (Fsp3) is 0.0714. The molecule has 3 aromatic heterocycles. The van der Waals surface area contributed by atoms with E-state index in [-0.39, 0.29) is 0 Å². The largest absolute Gasteiger partial charge is 0.261 e. The smallest absolute Gasteiger partial charge is 0.134 e. The summed E-state index contributed by atoms with van der Waals surface area (Å²) in [5.74, 6) is 0. The van der Waals surface area contributed by atoms with Gasteiger partial charge in [0.25, 0.3) is 0 Å². The van der Waals surface area contributed by atoms with Gasteiger partial charge in [-0.3, -0.25) is 9.97 Å². The summed E-state index contributed by atoms with van der Waals surface area (Å²) < 4.78 is 0. The van der Waals surface area contributed by atoms with Crippen LogP contribution < -0.4 is 0 Å². The van der Waals surface area contributed by atoms with Crippen LogP contribution >= 0.6 is 22.7 Å². The second-order valence-electron chi connectivity index (χ2n) is 3.97. The summed E-state index contributed by atoms with van der Waals surface area (Å²) in [6.45, 7) is 2.02. The fourth-order valence-electron chi connectivity index (χ4n) is 1.66. The van der Waals surface area contributed by atoms with Gasteiger partial charge < -0.3 is 0 Å². The van der Waals surface area contributed by atoms with E-state index in [2.05, 4.69) is 31.8 Å². The van der Waals surface area contributed by atoms with Gasteiger partial charge in [-0.1, -0.05) is 6.07 Å². The van der Waals surface area contributed by atoms with Crippen molar-refractivity contribution in [2.45, 2.75) is 6.92 Å². The molecule has 19 heavy (non-hydrogen) atoms. The van der Waals surface area contributed by atoms with Gasteiger partial charge in [0.15, 0.2) is 0 Å². The molecule has 0 spiro atoms. The molecule has 0 N–H and O–H groups in total. The molecule has 0 unspecified atom stereocenters. The highest BCUT2D eigenvalue weighted by Gasteiger charge is 2.05. The van der Waals surface area contributed by atoms with Crippen molar-refractivity contribution in [2.24, 2.45) is 0 Å². The molecular weight excluding hydrogens is 274 g/mol. The minimum Gasteiger partial charge on any atom is -0.261 e. The number of aromatic nitrogens is 3. The third-order valence-corrected chi connectivity index (χ3v) is 4.49. The van der Waals surface area contributed by atoms with Crippen LogP contribution in [0.3, 0.4) is 0 Å². The molecule has 94 valence electrons. The summed E-state index contributed by atoms with van der Waals surface area (Å²) in [6.07, 6.45) is 7.18. The molecule has 3 nitrogen and oxygen atoms in total. The summed E-state index contributed by atoms with van der Waals surface area (Å²) in [5.41, 5.74) is 2.92. The van der Waals surface area contributed by atoms with Crippen molar-refractivity contribution < 1.29 is 0 Å². The van der Waals surface area contributed by atoms with E-state index in [1.807, 2.05) is 19.1 Å². The quantitative estimate of drug-likeness (QED) is 0.723. The van der Waals surface area contributed by atoms with Crippen LogP contribution in [-0.2, 0) is 0 Å². The molecule has 0 atom stereocenters. The number of hydrogen-bond acceptors (Lipinski definition) is 5. The average Bonchev–Trinajstić information content (AvgIpc) is 3.10. The summed E-state index contributed by atoms with van der Waals surface area (Å²) in [5, 5.41) is 5.19. The summed E-state index contributed by atoms with van der Waals surface area (Å²) in [7, 11) is 0. The van der Waals surface area contributed by atoms with Gasteiger partial charge in [0.1, 0.15) is 5.01 Å². The highest BCUT2D eigenvalue weighted by Crippen LogP contribution is 2.28. The van der Waals surface area contributed by atoms with Crippen LogP contribution in [0.5, 0.6) is 0 Å². The molecule has 0 fully saturated rings. The van der Waals surface area contributed by atoms with Crippen LogP contribution in [0.15, 0.2) is 41.5 Å². The van der Waals surface area contributed by atoms with E-state index in [4.69, 9.17) is 0 Å². The lowest BCUT2D eigenvalue weighted by Crippen LogP contribution is -1.86. The monoisotopic (exact) mass is 285 g/mol. The Morgan fingerprint density at radius 1 is 1.26 bits per heavy atom. The van der Waals surface area contributed by atoms with Crippen LogP contribution in [0.4, 0.5) is 0 Å². The van der Waals surface area contributed by atoms with Crippen molar-refractivity contribution in [1.82, 2.24) is 15.0 Å². The normalized spacial score (nSPS) is 11.7. The Morgan fingerprint density at radius 3 is 2.95 bits per heavy atom. The van der Waals surface area contributed by atoms with Gasteiger partial charge in [0, 0.05) is 17.8 Å². The van der Waals surface area contributed by atoms with E-state index in [1.54, 1.807) is 41.3 Å². The third kappa shape index (κ3) is 2.77. The predicted molar refractivity (Wildman–Crippen MR) is 81.0 cm³/mol. The molecule has 0 bridgehead atoms. The van der Waals surface area contributed by atoms with Crippen molar-refractivity contribution >= 4 is 34.3 Å². The Labute approximate surface area is 119 Å². The van der Waals surface area contributed by atoms with Gasteiger partial charge in [0.05, 0.1) is 22.5 Å². The maximum absolute atomic E-state index is 4.62. The highest BCUT2D eigenvalue weighted by molar-refractivity contribution is 7.20. The Hall–Kier alpha value is -1.85. The SMILES string of the molecule is C/C(=C\c1csc(-c2cccs2)n1)c1cnccn1. The number of thiazole rings is 1. The van der Waals surface area contributed by atoms with Crippen LogP contribution in [0, 0.1) is 0 Å². The van der Waals surface area contributed by atoms with E-state index < -0.39 is 0 Å². The zero-order chi connectivity index (χ0) is 13.1. The fourth-order valence-corrected chi connectivity index (χ4v) is 3.26. The van der Waals surface area contributed by atoms with Gasteiger partial charge in [-0.05, 0) is 30.0 Å². The van der Waals surface area contributed by atoms with Crippen molar-refractivity contribution in [1.29, 1.82) is 0 Å². The van der Waals surface area contributed by atoms with E-state index in [9.17, 15) is 0 Å². The van der Waals surface area contributed by atoms with E-state index in [0.717, 1.165) is 22.0 Å². The second kappa shape index (κ2) is 5.42. The average molecular weight is 285 g/mol. The van der Waals surface area contributed by atoms with Gasteiger partial charge in [0.2, 0.25) is 0 Å². The molecule has 0 aliphatic heterocycles. The van der Waals surface area contributed by atoms with Crippen molar-refractivity contribution in [3.05, 3.63) is 52.9 Å². The Balaban J connectivity index is 1.88. The van der Waals surface area contributed by atoms with E-state index in [0.29, 0.717) is 0 Å². The first kappa shape index (κ1) is 12.2. The van der Waals surface area contributed by atoms with Crippen molar-refractivity contribution in [2.75, 3.05) is 0 Å². The topological polar surface area (TPSA) is 38.7 Å². The van der Waals surface area contributed by atoms with Crippen LogP contribution in [0.2, 0.25) is 0 Å². The number of nitrogens with zero attached hydrogens (tertiary/aromatic N) is 3. The Bertz CT molecular complexity index is 685. The summed E-state index contributed by atoms with van der Waals surface area (Å²) in [4.78, 5) is 14.2. The molecule has 3 aromatic rings. The summed E-state index contributed by atoms with van der Waals surface area (Å²) in [6, 6.07) is 4.13. The highest BCUT2D eigenvalue weighted by atomic mass is 32.1. The third-order valence-electron chi connectivity index (χ3n) is 2.59. The number of allylic oxidation sites excluding steroid dienone is 1. The molecular formula is C14H11N3S2. The van der Waals surface area contributed by atoms with Crippen molar-refractivity contribution in [3.63, 3.8) is 0 Å². The lowest BCUT2D eigenvalue weighted by molar-refractivity contribution is 1.16. The van der Waals surface area contributed by atoms with Gasteiger partial charge in [-0.25, -0.2) is 4.98 Å². The first-order valence-corrected chi connectivity index (χ1v) is 7.53. The zero-order valence-corrected chi connectivity index (χ0v) is 11.9. The summed E-state index contributed by atoms with van der Waals surface area (Å²) >= 11 is 3.37. The lowest BCUT2D eigenvalue weighted by Gasteiger charge is -1.97. The number of rotatable bonds is 3. The zero-order valence-electron chi connectivity index (χ0n) is 10.3. The molecule has 3 heterocycles. The minimum atomic E-state index is 0.883. The van der Waals surface area contributed by atoms with Gasteiger partial charge in [-0.2, -0.15) is 0 Å². The van der Waals surface area contributed by atoms with Crippen LogP contribution in [0.1, 0.15) is 18.3 Å². The Kier molecular flexibility index (Phi) is 3.48.